The maximum absolute atomic E-state index is 12.9. The average molecular weight is 401 g/mol. The highest BCUT2D eigenvalue weighted by atomic mass is 35.5. The number of benzene rings is 2. The summed E-state index contributed by atoms with van der Waals surface area (Å²) in [4.78, 5) is 11.9. The van der Waals surface area contributed by atoms with Gasteiger partial charge in [-0.2, -0.15) is 0 Å². The molecule has 1 amide bonds. The molecule has 7 heteroatoms. The Morgan fingerprint density at radius 3 is 2.44 bits per heavy atom. The molecule has 4 nitrogen and oxygen atoms in total. The molecule has 1 aromatic heterocycles. The number of thiocarbonyl (C=S) groups is 1. The number of rotatable bonds is 4. The molecule has 0 atom stereocenters. The van der Waals surface area contributed by atoms with Gasteiger partial charge in [0, 0.05) is 22.3 Å². The standard InChI is InChI=1S/C20H14ClFN2O2S/c21-14-3-1-13(2-4-14)18-11-9-17(26-18)10-12-19(25)24-20(27)23-16-7-5-15(22)6-8-16/h1-12H,(H2,23,24,25,27). The molecular weight excluding hydrogens is 387 g/mol. The third-order valence-electron chi connectivity index (χ3n) is 3.49. The van der Waals surface area contributed by atoms with Gasteiger partial charge in [-0.05, 0) is 79.0 Å². The van der Waals surface area contributed by atoms with Gasteiger partial charge in [-0.3, -0.25) is 10.1 Å². The molecule has 3 rings (SSSR count). The van der Waals surface area contributed by atoms with E-state index in [1.807, 2.05) is 18.2 Å². The van der Waals surface area contributed by atoms with Crippen molar-refractivity contribution in [3.8, 4) is 11.3 Å². The molecule has 0 aliphatic rings. The van der Waals surface area contributed by atoms with Crippen LogP contribution in [-0.4, -0.2) is 11.0 Å². The van der Waals surface area contributed by atoms with E-state index in [1.54, 1.807) is 18.2 Å². The Bertz CT molecular complexity index is 982. The maximum atomic E-state index is 12.9. The normalized spacial score (nSPS) is 10.7. The summed E-state index contributed by atoms with van der Waals surface area (Å²) >= 11 is 10.9. The van der Waals surface area contributed by atoms with E-state index in [9.17, 15) is 9.18 Å². The van der Waals surface area contributed by atoms with E-state index >= 15 is 0 Å². The van der Waals surface area contributed by atoms with E-state index < -0.39 is 5.91 Å². The van der Waals surface area contributed by atoms with Crippen LogP contribution in [0.25, 0.3) is 17.4 Å². The minimum Gasteiger partial charge on any atom is -0.457 e. The highest BCUT2D eigenvalue weighted by Gasteiger charge is 2.05. The van der Waals surface area contributed by atoms with Crippen LogP contribution in [0.4, 0.5) is 10.1 Å². The van der Waals surface area contributed by atoms with Gasteiger partial charge >= 0.3 is 0 Å². The molecule has 0 radical (unpaired) electrons. The van der Waals surface area contributed by atoms with Gasteiger partial charge < -0.3 is 9.73 Å². The van der Waals surface area contributed by atoms with Crippen LogP contribution in [0, 0.1) is 5.82 Å². The summed E-state index contributed by atoms with van der Waals surface area (Å²) in [6.45, 7) is 0. The Morgan fingerprint density at radius 2 is 1.74 bits per heavy atom. The quantitative estimate of drug-likeness (QED) is 0.463. The number of amides is 1. The fourth-order valence-corrected chi connectivity index (χ4v) is 2.56. The van der Waals surface area contributed by atoms with Gasteiger partial charge in [-0.25, -0.2) is 4.39 Å². The molecule has 0 aliphatic carbocycles. The molecule has 0 unspecified atom stereocenters. The van der Waals surface area contributed by atoms with Gasteiger partial charge in [0.1, 0.15) is 17.3 Å². The average Bonchev–Trinajstić information content (AvgIpc) is 3.11. The van der Waals surface area contributed by atoms with Crippen LogP contribution in [0.15, 0.2) is 71.2 Å². The summed E-state index contributed by atoms with van der Waals surface area (Å²) in [5.74, 6) is 0.418. The zero-order valence-corrected chi connectivity index (χ0v) is 15.5. The van der Waals surface area contributed by atoms with Gasteiger partial charge in [0.05, 0.1) is 0 Å². The maximum Gasteiger partial charge on any atom is 0.250 e. The van der Waals surface area contributed by atoms with Gasteiger partial charge in [0.15, 0.2) is 5.11 Å². The van der Waals surface area contributed by atoms with Crippen LogP contribution in [0.2, 0.25) is 5.02 Å². The molecule has 2 aromatic carbocycles. The Labute approximate surface area is 165 Å². The Balaban J connectivity index is 1.56. The van der Waals surface area contributed by atoms with Crippen molar-refractivity contribution >= 4 is 46.6 Å². The summed E-state index contributed by atoms with van der Waals surface area (Å²) in [5, 5.41) is 6.05. The number of furan rings is 1. The van der Waals surface area contributed by atoms with E-state index in [0.717, 1.165) is 5.56 Å². The molecule has 3 aromatic rings. The molecule has 0 fully saturated rings. The van der Waals surface area contributed by atoms with Crippen molar-refractivity contribution in [2.45, 2.75) is 0 Å². The third-order valence-corrected chi connectivity index (χ3v) is 3.95. The van der Waals surface area contributed by atoms with Crippen LogP contribution in [0.5, 0.6) is 0 Å². The summed E-state index contributed by atoms with van der Waals surface area (Å²) in [6.07, 6.45) is 2.85. The minimum atomic E-state index is -0.418. The van der Waals surface area contributed by atoms with Crippen molar-refractivity contribution in [1.82, 2.24) is 5.32 Å². The predicted molar refractivity (Wildman–Crippen MR) is 109 cm³/mol. The number of anilines is 1. The smallest absolute Gasteiger partial charge is 0.250 e. The monoisotopic (exact) mass is 400 g/mol. The van der Waals surface area contributed by atoms with Crippen molar-refractivity contribution in [3.05, 3.63) is 83.3 Å². The third kappa shape index (κ3) is 5.51. The van der Waals surface area contributed by atoms with Crippen LogP contribution >= 0.6 is 23.8 Å². The Hall–Kier alpha value is -2.96. The van der Waals surface area contributed by atoms with Crippen molar-refractivity contribution in [3.63, 3.8) is 0 Å². The molecule has 0 aliphatic heterocycles. The molecule has 0 saturated heterocycles. The molecule has 1 heterocycles. The van der Waals surface area contributed by atoms with Gasteiger partial charge in [0.2, 0.25) is 5.91 Å². The van der Waals surface area contributed by atoms with Gasteiger partial charge in [0.25, 0.3) is 0 Å². The molecule has 136 valence electrons. The van der Waals surface area contributed by atoms with E-state index in [1.165, 1.54) is 36.4 Å². The molecule has 0 saturated carbocycles. The lowest BCUT2D eigenvalue weighted by molar-refractivity contribution is -0.115. The molecular formula is C20H14ClFN2O2S. The second-order valence-electron chi connectivity index (χ2n) is 5.49. The largest absolute Gasteiger partial charge is 0.457 e. The van der Waals surface area contributed by atoms with Gasteiger partial charge in [-0.15, -0.1) is 0 Å². The Kier molecular flexibility index (Phi) is 6.01. The van der Waals surface area contributed by atoms with Crippen LogP contribution < -0.4 is 10.6 Å². The first kappa shape index (κ1) is 18.8. The zero-order valence-electron chi connectivity index (χ0n) is 13.9. The lowest BCUT2D eigenvalue weighted by atomic mass is 10.2. The minimum absolute atomic E-state index is 0.109. The van der Waals surface area contributed by atoms with E-state index in [0.29, 0.717) is 22.2 Å². The number of hydrogen-bond acceptors (Lipinski definition) is 3. The summed E-state index contributed by atoms with van der Waals surface area (Å²) in [5.41, 5.74) is 1.46. The number of carbonyl (C=O) groups is 1. The van der Waals surface area contributed by atoms with E-state index in [2.05, 4.69) is 10.6 Å². The topological polar surface area (TPSA) is 54.3 Å². The zero-order chi connectivity index (χ0) is 19.2. The van der Waals surface area contributed by atoms with Crippen molar-refractivity contribution < 1.29 is 13.6 Å². The highest BCUT2D eigenvalue weighted by molar-refractivity contribution is 7.80. The molecule has 27 heavy (non-hydrogen) atoms. The summed E-state index contributed by atoms with van der Waals surface area (Å²) < 4.78 is 18.5. The van der Waals surface area contributed by atoms with E-state index in [-0.39, 0.29) is 10.9 Å². The van der Waals surface area contributed by atoms with Crippen molar-refractivity contribution in [2.75, 3.05) is 5.32 Å². The predicted octanol–water partition coefficient (Wildman–Crippen LogP) is 5.27. The summed E-state index contributed by atoms with van der Waals surface area (Å²) in [7, 11) is 0. The number of carbonyl (C=O) groups excluding carboxylic acids is 1. The van der Waals surface area contributed by atoms with Crippen LogP contribution in [0.1, 0.15) is 5.76 Å². The number of hydrogen-bond donors (Lipinski definition) is 2. The number of nitrogens with one attached hydrogen (secondary N) is 2. The first-order valence-corrected chi connectivity index (χ1v) is 8.69. The lowest BCUT2D eigenvalue weighted by Crippen LogP contribution is -2.32. The van der Waals surface area contributed by atoms with Crippen LogP contribution in [-0.2, 0) is 4.79 Å². The molecule has 0 bridgehead atoms. The summed E-state index contributed by atoms with van der Waals surface area (Å²) in [6, 6.07) is 16.4. The first-order valence-electron chi connectivity index (χ1n) is 7.91. The molecule has 2 N–H and O–H groups in total. The SMILES string of the molecule is O=C(C=Cc1ccc(-c2ccc(Cl)cc2)o1)NC(=S)Nc1ccc(F)cc1. The Morgan fingerprint density at radius 1 is 1.04 bits per heavy atom. The molecule has 0 spiro atoms. The van der Waals surface area contributed by atoms with Gasteiger partial charge in [-0.1, -0.05) is 11.6 Å². The first-order chi connectivity index (χ1) is 13.0. The van der Waals surface area contributed by atoms with Crippen molar-refractivity contribution in [1.29, 1.82) is 0 Å². The second kappa shape index (κ2) is 8.62. The second-order valence-corrected chi connectivity index (χ2v) is 6.34. The fraction of sp³-hybridized carbons (Fsp3) is 0. The number of halogens is 2. The highest BCUT2D eigenvalue weighted by Crippen LogP contribution is 2.24. The fourth-order valence-electron chi connectivity index (χ4n) is 2.22. The van der Waals surface area contributed by atoms with Crippen LogP contribution in [0.3, 0.4) is 0 Å². The lowest BCUT2D eigenvalue weighted by Gasteiger charge is -2.07. The van der Waals surface area contributed by atoms with Crippen molar-refractivity contribution in [2.24, 2.45) is 0 Å². The van der Waals surface area contributed by atoms with E-state index in [4.69, 9.17) is 28.2 Å².